The van der Waals surface area contributed by atoms with Gasteiger partial charge in [-0.25, -0.2) is 19.2 Å². The first kappa shape index (κ1) is 39.4. The van der Waals surface area contributed by atoms with Gasteiger partial charge >= 0.3 is 35.8 Å². The van der Waals surface area contributed by atoms with Gasteiger partial charge in [-0.2, -0.15) is 0 Å². The van der Waals surface area contributed by atoms with Crippen molar-refractivity contribution in [3.05, 3.63) is 109 Å². The predicted molar refractivity (Wildman–Crippen MR) is 184 cm³/mol. The molecule has 12 heteroatoms. The first-order chi connectivity index (χ1) is 24.6. The van der Waals surface area contributed by atoms with Gasteiger partial charge in [0.05, 0.1) is 24.3 Å². The topological polar surface area (TPSA) is 158 Å². The number of unbranched alkanes of at least 4 members (excludes halogenated alkanes) is 4. The largest absolute Gasteiger partial charge is 0.463 e. The number of rotatable bonds is 20. The second-order valence-corrected chi connectivity index (χ2v) is 11.1. The second-order valence-electron chi connectivity index (χ2n) is 11.1. The average Bonchev–Trinajstić information content (AvgIpc) is 3.12. The highest BCUT2D eigenvalue weighted by Crippen LogP contribution is 2.26. The molecule has 0 unspecified atom stereocenters. The first-order valence-corrected chi connectivity index (χ1v) is 16.3. The van der Waals surface area contributed by atoms with Crippen molar-refractivity contribution in [2.24, 2.45) is 0 Å². The molecule has 268 valence electrons. The lowest BCUT2D eigenvalue weighted by molar-refractivity contribution is -0.138. The number of benzene rings is 3. The van der Waals surface area contributed by atoms with E-state index >= 15 is 0 Å². The summed E-state index contributed by atoms with van der Waals surface area (Å²) in [6.07, 6.45) is 6.32. The van der Waals surface area contributed by atoms with Gasteiger partial charge in [-0.05, 0) is 118 Å². The molecule has 0 heterocycles. The summed E-state index contributed by atoms with van der Waals surface area (Å²) in [6, 6.07) is 16.4. The Morgan fingerprint density at radius 3 is 1.39 bits per heavy atom. The highest BCUT2D eigenvalue weighted by atomic mass is 16.6. The maximum Gasteiger partial charge on any atom is 0.343 e. The Hall–Kier alpha value is -6.04. The second kappa shape index (κ2) is 21.1. The Kier molecular flexibility index (Phi) is 16.3. The van der Waals surface area contributed by atoms with Crippen LogP contribution in [0.5, 0.6) is 23.0 Å². The van der Waals surface area contributed by atoms with Crippen molar-refractivity contribution in [1.82, 2.24) is 0 Å². The molecule has 51 heavy (non-hydrogen) atoms. The molecule has 3 rings (SSSR count). The smallest absolute Gasteiger partial charge is 0.343 e. The van der Waals surface area contributed by atoms with Gasteiger partial charge in [-0.3, -0.25) is 9.59 Å². The molecule has 0 saturated heterocycles. The van der Waals surface area contributed by atoms with E-state index in [0.717, 1.165) is 12.2 Å². The molecule has 0 aromatic heterocycles. The molecule has 3 aromatic carbocycles. The van der Waals surface area contributed by atoms with E-state index in [-0.39, 0.29) is 60.2 Å². The molecule has 0 fully saturated rings. The molecule has 0 bridgehead atoms. The Balaban J connectivity index is 1.40. The number of aryl methyl sites for hydroxylation is 1. The van der Waals surface area contributed by atoms with Crippen molar-refractivity contribution < 1.29 is 57.2 Å². The minimum atomic E-state index is -0.637. The lowest BCUT2D eigenvalue weighted by atomic mass is 10.2. The van der Waals surface area contributed by atoms with Gasteiger partial charge in [0.25, 0.3) is 0 Å². The molecular weight excluding hydrogens is 660 g/mol. The molecule has 0 N–H and O–H groups in total. The van der Waals surface area contributed by atoms with E-state index < -0.39 is 35.8 Å². The molecule has 0 aliphatic rings. The van der Waals surface area contributed by atoms with Crippen LogP contribution in [0, 0.1) is 6.92 Å². The SMILES string of the molecule is C=CC(=O)OCCCCCC(=O)Oc1ccc(C(=O)Oc2ccc(OC(=O)c3ccc(OC(=O)CCCCCOC(=O)C=C)cc3)c(C)c2)cc1. The number of hydrogen-bond donors (Lipinski definition) is 0. The van der Waals surface area contributed by atoms with Crippen molar-refractivity contribution in [3.8, 4) is 23.0 Å². The van der Waals surface area contributed by atoms with Crippen LogP contribution in [0.25, 0.3) is 0 Å². The standard InChI is InChI=1S/C39H40O12/c1-4-34(40)46-24-10-6-8-12-36(42)48-30-18-14-28(15-19-30)38(44)50-32-22-23-33(27(3)26-32)51-39(45)29-16-20-31(21-17-29)49-37(43)13-9-7-11-25-47-35(41)5-2/h4-5,14-23,26H,1-2,6-13,24-25H2,3H3. The highest BCUT2D eigenvalue weighted by molar-refractivity contribution is 5.92. The summed E-state index contributed by atoms with van der Waals surface area (Å²) in [5.41, 5.74) is 1.00. The monoisotopic (exact) mass is 700 g/mol. The Morgan fingerprint density at radius 1 is 0.529 bits per heavy atom. The van der Waals surface area contributed by atoms with Crippen LogP contribution < -0.4 is 18.9 Å². The Bertz CT molecular complexity index is 1690. The summed E-state index contributed by atoms with van der Waals surface area (Å²) in [5.74, 6) is -2.03. The van der Waals surface area contributed by atoms with Crippen molar-refractivity contribution in [2.45, 2.75) is 58.3 Å². The van der Waals surface area contributed by atoms with Crippen molar-refractivity contribution in [3.63, 3.8) is 0 Å². The summed E-state index contributed by atoms with van der Waals surface area (Å²) >= 11 is 0. The molecule has 0 aliphatic carbocycles. The fourth-order valence-corrected chi connectivity index (χ4v) is 4.37. The Morgan fingerprint density at radius 2 is 0.961 bits per heavy atom. The lowest BCUT2D eigenvalue weighted by Crippen LogP contribution is -2.11. The maximum atomic E-state index is 12.7. The highest BCUT2D eigenvalue weighted by Gasteiger charge is 2.15. The molecular formula is C39H40O12. The van der Waals surface area contributed by atoms with Crippen LogP contribution in [0.2, 0.25) is 0 Å². The molecule has 12 nitrogen and oxygen atoms in total. The van der Waals surface area contributed by atoms with Gasteiger partial charge in [0.15, 0.2) is 0 Å². The molecule has 0 saturated carbocycles. The van der Waals surface area contributed by atoms with Crippen LogP contribution in [-0.2, 0) is 28.7 Å². The van der Waals surface area contributed by atoms with Crippen molar-refractivity contribution in [1.29, 1.82) is 0 Å². The van der Waals surface area contributed by atoms with Crippen molar-refractivity contribution >= 4 is 35.8 Å². The fraction of sp³-hybridized carbons (Fsp3) is 0.282. The fourth-order valence-electron chi connectivity index (χ4n) is 4.37. The van der Waals surface area contributed by atoms with E-state index in [1.165, 1.54) is 60.7 Å². The van der Waals surface area contributed by atoms with E-state index in [4.69, 9.17) is 28.4 Å². The normalized spacial score (nSPS) is 10.3. The summed E-state index contributed by atoms with van der Waals surface area (Å²) in [6.45, 7) is 8.86. The molecule has 3 aromatic rings. The van der Waals surface area contributed by atoms with E-state index in [0.29, 0.717) is 44.1 Å². The van der Waals surface area contributed by atoms with E-state index in [2.05, 4.69) is 13.2 Å². The van der Waals surface area contributed by atoms with Crippen LogP contribution >= 0.6 is 0 Å². The number of hydrogen-bond acceptors (Lipinski definition) is 12. The maximum absolute atomic E-state index is 12.7. The molecule has 0 spiro atoms. The van der Waals surface area contributed by atoms with Crippen LogP contribution in [0.1, 0.15) is 77.6 Å². The van der Waals surface area contributed by atoms with Crippen LogP contribution in [0.15, 0.2) is 92.0 Å². The van der Waals surface area contributed by atoms with E-state index in [1.54, 1.807) is 13.0 Å². The van der Waals surface area contributed by atoms with Gasteiger partial charge in [0.2, 0.25) is 0 Å². The quantitative estimate of drug-likeness (QED) is 0.0525. The van der Waals surface area contributed by atoms with Crippen LogP contribution in [0.4, 0.5) is 0 Å². The molecule has 0 radical (unpaired) electrons. The third kappa shape index (κ3) is 14.5. The van der Waals surface area contributed by atoms with Crippen LogP contribution in [0.3, 0.4) is 0 Å². The Labute approximate surface area is 295 Å². The summed E-state index contributed by atoms with van der Waals surface area (Å²) in [5, 5.41) is 0. The van der Waals surface area contributed by atoms with Gasteiger partial charge in [-0.15, -0.1) is 0 Å². The zero-order chi connectivity index (χ0) is 37.0. The minimum absolute atomic E-state index is 0.190. The summed E-state index contributed by atoms with van der Waals surface area (Å²) in [4.78, 5) is 71.7. The first-order valence-electron chi connectivity index (χ1n) is 16.3. The lowest BCUT2D eigenvalue weighted by Gasteiger charge is -2.11. The van der Waals surface area contributed by atoms with E-state index in [9.17, 15) is 28.8 Å². The van der Waals surface area contributed by atoms with Crippen LogP contribution in [-0.4, -0.2) is 49.0 Å². The van der Waals surface area contributed by atoms with Gasteiger partial charge in [0.1, 0.15) is 23.0 Å². The van der Waals surface area contributed by atoms with Gasteiger partial charge in [0, 0.05) is 25.0 Å². The third-order valence-electron chi connectivity index (χ3n) is 7.08. The summed E-state index contributed by atoms with van der Waals surface area (Å²) in [7, 11) is 0. The predicted octanol–water partition coefficient (Wildman–Crippen LogP) is 6.82. The number of carbonyl (C=O) groups excluding carboxylic acids is 6. The molecule has 0 amide bonds. The molecule has 0 atom stereocenters. The van der Waals surface area contributed by atoms with Crippen molar-refractivity contribution in [2.75, 3.05) is 13.2 Å². The number of carbonyl (C=O) groups is 6. The minimum Gasteiger partial charge on any atom is -0.463 e. The summed E-state index contributed by atoms with van der Waals surface area (Å²) < 4.78 is 31.4. The zero-order valence-electron chi connectivity index (χ0n) is 28.4. The van der Waals surface area contributed by atoms with Gasteiger partial charge in [-0.1, -0.05) is 13.2 Å². The van der Waals surface area contributed by atoms with E-state index in [1.807, 2.05) is 0 Å². The number of ether oxygens (including phenoxy) is 6. The molecule has 0 aliphatic heterocycles. The number of esters is 6. The third-order valence-corrected chi connectivity index (χ3v) is 7.08. The average molecular weight is 701 g/mol. The zero-order valence-corrected chi connectivity index (χ0v) is 28.4. The van der Waals surface area contributed by atoms with Gasteiger partial charge < -0.3 is 28.4 Å².